The zero-order valence-corrected chi connectivity index (χ0v) is 11.2. The van der Waals surface area contributed by atoms with Crippen molar-refractivity contribution < 1.29 is 19.5 Å². The molecule has 2 N–H and O–H groups in total. The molecule has 2 aromatic rings. The Morgan fingerprint density at radius 2 is 2.10 bits per heavy atom. The highest BCUT2D eigenvalue weighted by molar-refractivity contribution is 6.61. The van der Waals surface area contributed by atoms with Crippen LogP contribution in [-0.4, -0.2) is 17.2 Å². The van der Waals surface area contributed by atoms with Crippen molar-refractivity contribution in [3.63, 3.8) is 0 Å². The highest BCUT2D eigenvalue weighted by Gasteiger charge is 2.27. The molecule has 0 bridgehead atoms. The summed E-state index contributed by atoms with van der Waals surface area (Å²) < 4.78 is 10.8. The first kappa shape index (κ1) is 13.0. The predicted molar refractivity (Wildman–Crippen MR) is 76.4 cm³/mol. The second-order valence-corrected chi connectivity index (χ2v) is 4.78. The Labute approximate surface area is 117 Å². The predicted octanol–water partition coefficient (Wildman–Crippen LogP) is 1.96. The van der Waals surface area contributed by atoms with Crippen molar-refractivity contribution in [3.05, 3.63) is 47.5 Å². The van der Waals surface area contributed by atoms with E-state index in [1.165, 1.54) is 0 Å². The van der Waals surface area contributed by atoms with E-state index in [-0.39, 0.29) is 5.75 Å². The van der Waals surface area contributed by atoms with Gasteiger partial charge in [0.1, 0.15) is 5.75 Å². The molecule has 0 aromatic heterocycles. The second kappa shape index (κ2) is 5.19. The van der Waals surface area contributed by atoms with Crippen LogP contribution >= 0.6 is 0 Å². The van der Waals surface area contributed by atoms with Crippen LogP contribution in [-0.2, 0) is 17.7 Å². The Balaban J connectivity index is 1.85. The Bertz CT molecular complexity index is 642. The highest BCUT2D eigenvalue weighted by Crippen LogP contribution is 2.32. The summed E-state index contributed by atoms with van der Waals surface area (Å²) in [5.41, 5.74) is 2.72. The summed E-state index contributed by atoms with van der Waals surface area (Å²) >= 11 is 0. The molecule has 0 saturated carbocycles. The first-order valence-electron chi connectivity index (χ1n) is 6.59. The second-order valence-electron chi connectivity index (χ2n) is 4.78. The maximum Gasteiger partial charge on any atom is 0.491 e. The molecular formula is C15H15BO4. The van der Waals surface area contributed by atoms with E-state index in [2.05, 4.69) is 0 Å². The monoisotopic (exact) mass is 270 g/mol. The molecule has 0 saturated heterocycles. The van der Waals surface area contributed by atoms with Gasteiger partial charge in [-0.2, -0.15) is 0 Å². The summed E-state index contributed by atoms with van der Waals surface area (Å²) in [6.45, 7) is 2.40. The molecule has 0 amide bonds. The lowest BCUT2D eigenvalue weighted by molar-refractivity contribution is 0.275. The summed E-state index contributed by atoms with van der Waals surface area (Å²) in [6.07, 6.45) is 0.863. The Kier molecular flexibility index (Phi) is 3.38. The summed E-state index contributed by atoms with van der Waals surface area (Å²) in [6, 6.07) is 10.7. The molecule has 1 aliphatic rings. The van der Waals surface area contributed by atoms with E-state index in [0.717, 1.165) is 23.0 Å². The fourth-order valence-corrected chi connectivity index (χ4v) is 2.27. The first-order chi connectivity index (χ1) is 9.67. The largest absolute Gasteiger partial charge is 0.504 e. The fourth-order valence-electron chi connectivity index (χ4n) is 2.27. The summed E-state index contributed by atoms with van der Waals surface area (Å²) in [5.74, 6) is 1.16. The van der Waals surface area contributed by atoms with Crippen LogP contribution in [0, 0.1) is 0 Å². The number of rotatable bonds is 3. The fraction of sp³-hybridized carbons (Fsp3) is 0.200. The van der Waals surface area contributed by atoms with Gasteiger partial charge in [0.25, 0.3) is 0 Å². The quantitative estimate of drug-likeness (QED) is 0.837. The normalized spacial score (nSPS) is 13.4. The minimum absolute atomic E-state index is 0.126. The average molecular weight is 270 g/mol. The van der Waals surface area contributed by atoms with E-state index in [1.807, 2.05) is 19.1 Å². The number of hydrogen-bond donors (Lipinski definition) is 2. The van der Waals surface area contributed by atoms with Gasteiger partial charge in [-0.3, -0.25) is 0 Å². The van der Waals surface area contributed by atoms with E-state index in [0.29, 0.717) is 18.1 Å². The lowest BCUT2D eigenvalue weighted by atomic mass is 9.80. The standard InChI is InChI=1S/C15H15BO4/c1-2-10-3-6-15(14(17)7-10)20-12-4-5-13-11(8-12)9-19-16(13)18/h3-8,17-18H,2,9H2,1H3. The van der Waals surface area contributed by atoms with Crippen LogP contribution in [0.4, 0.5) is 0 Å². The van der Waals surface area contributed by atoms with Crippen LogP contribution in [0.1, 0.15) is 18.1 Å². The van der Waals surface area contributed by atoms with Crippen molar-refractivity contribution >= 4 is 12.6 Å². The number of benzene rings is 2. The van der Waals surface area contributed by atoms with E-state index in [1.54, 1.807) is 24.3 Å². The summed E-state index contributed by atoms with van der Waals surface area (Å²) in [4.78, 5) is 0. The number of aromatic hydroxyl groups is 1. The Morgan fingerprint density at radius 1 is 1.25 bits per heavy atom. The van der Waals surface area contributed by atoms with Gasteiger partial charge in [-0.05, 0) is 47.3 Å². The smallest absolute Gasteiger partial charge is 0.491 e. The SMILES string of the molecule is CCc1ccc(Oc2ccc3c(c2)COB3O)c(O)c1. The van der Waals surface area contributed by atoms with Crippen LogP contribution in [0.5, 0.6) is 17.2 Å². The van der Waals surface area contributed by atoms with E-state index in [9.17, 15) is 10.1 Å². The number of aryl methyl sites for hydroxylation is 1. The number of phenolic OH excluding ortho intramolecular Hbond substituents is 1. The molecule has 2 aromatic carbocycles. The van der Waals surface area contributed by atoms with Gasteiger partial charge in [0.15, 0.2) is 11.5 Å². The van der Waals surface area contributed by atoms with Gasteiger partial charge in [0.05, 0.1) is 6.61 Å². The lowest BCUT2D eigenvalue weighted by Gasteiger charge is -2.10. The molecule has 5 heteroatoms. The van der Waals surface area contributed by atoms with Crippen molar-refractivity contribution in [1.29, 1.82) is 0 Å². The van der Waals surface area contributed by atoms with Crippen molar-refractivity contribution in [1.82, 2.24) is 0 Å². The van der Waals surface area contributed by atoms with Gasteiger partial charge in [0.2, 0.25) is 0 Å². The van der Waals surface area contributed by atoms with Crippen LogP contribution in [0.15, 0.2) is 36.4 Å². The molecule has 0 fully saturated rings. The molecule has 0 spiro atoms. The Hall–Kier alpha value is -1.98. The third-order valence-electron chi connectivity index (χ3n) is 3.44. The molecule has 4 nitrogen and oxygen atoms in total. The molecular weight excluding hydrogens is 255 g/mol. The van der Waals surface area contributed by atoms with Crippen LogP contribution < -0.4 is 10.2 Å². The van der Waals surface area contributed by atoms with E-state index in [4.69, 9.17) is 9.39 Å². The zero-order chi connectivity index (χ0) is 14.1. The molecule has 3 rings (SSSR count). The van der Waals surface area contributed by atoms with Crippen molar-refractivity contribution in [2.24, 2.45) is 0 Å². The highest BCUT2D eigenvalue weighted by atomic mass is 16.5. The van der Waals surface area contributed by atoms with Crippen LogP contribution in [0.25, 0.3) is 0 Å². The van der Waals surface area contributed by atoms with Gasteiger partial charge in [0, 0.05) is 0 Å². The topological polar surface area (TPSA) is 58.9 Å². The Morgan fingerprint density at radius 3 is 2.85 bits per heavy atom. The molecule has 0 unspecified atom stereocenters. The molecule has 1 heterocycles. The maximum absolute atomic E-state index is 9.93. The van der Waals surface area contributed by atoms with Gasteiger partial charge >= 0.3 is 7.12 Å². The van der Waals surface area contributed by atoms with Gasteiger partial charge in [-0.15, -0.1) is 0 Å². The molecule has 20 heavy (non-hydrogen) atoms. The molecule has 0 atom stereocenters. The molecule has 0 aliphatic carbocycles. The number of hydrogen-bond acceptors (Lipinski definition) is 4. The third-order valence-corrected chi connectivity index (χ3v) is 3.44. The minimum atomic E-state index is -0.851. The number of ether oxygens (including phenoxy) is 1. The number of fused-ring (bicyclic) bond motifs is 1. The third kappa shape index (κ3) is 2.38. The summed E-state index contributed by atoms with van der Waals surface area (Å²) in [7, 11) is -0.851. The maximum atomic E-state index is 9.93. The minimum Gasteiger partial charge on any atom is -0.504 e. The molecule has 102 valence electrons. The van der Waals surface area contributed by atoms with Gasteiger partial charge in [-0.25, -0.2) is 0 Å². The first-order valence-corrected chi connectivity index (χ1v) is 6.59. The van der Waals surface area contributed by atoms with Crippen molar-refractivity contribution in [3.8, 4) is 17.2 Å². The van der Waals surface area contributed by atoms with E-state index >= 15 is 0 Å². The van der Waals surface area contributed by atoms with E-state index < -0.39 is 7.12 Å². The average Bonchev–Trinajstić information content (AvgIpc) is 2.82. The zero-order valence-electron chi connectivity index (χ0n) is 11.2. The van der Waals surface area contributed by atoms with Crippen molar-refractivity contribution in [2.45, 2.75) is 20.0 Å². The number of phenols is 1. The van der Waals surface area contributed by atoms with Crippen LogP contribution in [0.3, 0.4) is 0 Å². The van der Waals surface area contributed by atoms with Crippen molar-refractivity contribution in [2.75, 3.05) is 0 Å². The lowest BCUT2D eigenvalue weighted by Crippen LogP contribution is -2.27. The summed E-state index contributed by atoms with van der Waals surface area (Å²) in [5, 5.41) is 19.5. The molecule has 1 aliphatic heterocycles. The van der Waals surface area contributed by atoms with Gasteiger partial charge < -0.3 is 19.5 Å². The van der Waals surface area contributed by atoms with Crippen LogP contribution in [0.2, 0.25) is 0 Å². The van der Waals surface area contributed by atoms with Gasteiger partial charge in [-0.1, -0.05) is 19.1 Å². The molecule has 0 radical (unpaired) electrons.